The summed E-state index contributed by atoms with van der Waals surface area (Å²) < 4.78 is 0. The maximum absolute atomic E-state index is 2.99. The van der Waals surface area contributed by atoms with E-state index in [1.807, 2.05) is 12.2 Å². The molecule has 0 unspecified atom stereocenters. The van der Waals surface area contributed by atoms with Gasteiger partial charge in [0.05, 0.1) is 0 Å². The van der Waals surface area contributed by atoms with Crippen LogP contribution in [0.25, 0.3) is 18.5 Å². The number of rotatable bonds is 0. The topological polar surface area (TPSA) is 100 Å². The quantitative estimate of drug-likeness (QED) is 0.482. The molecule has 0 fully saturated rings. The molecule has 0 aromatic rings. The first-order valence-corrected chi connectivity index (χ1v) is 1.72. The van der Waals surface area contributed by atoms with Gasteiger partial charge in [0.15, 0.2) is 0 Å². The van der Waals surface area contributed by atoms with Gasteiger partial charge in [0.2, 0.25) is 0 Å². The average molecular weight is 292 g/mol. The largest absolute Gasteiger partial charge is 4.00 e. The van der Waals surface area contributed by atoms with E-state index in [1.165, 1.54) is 0 Å². The van der Waals surface area contributed by atoms with Gasteiger partial charge in [-0.2, -0.15) is 6.08 Å². The van der Waals surface area contributed by atoms with Crippen LogP contribution in [0.2, 0.25) is 0 Å². The average Bonchev–Trinajstić information content (AvgIpc) is 1.76. The molecule has 0 aromatic heterocycles. The van der Waals surface area contributed by atoms with E-state index in [0.29, 0.717) is 0 Å². The predicted molar refractivity (Wildman–Crippen MR) is 37.4 cm³/mol. The minimum Gasteiger partial charge on any atom is -0.693 e. The Kier molecular flexibility index (Phi) is 39.9. The molecule has 0 bridgehead atoms. The smallest absolute Gasteiger partial charge is 0.693 e. The Morgan fingerprint density at radius 3 is 1.78 bits per heavy atom. The van der Waals surface area contributed by atoms with Gasteiger partial charge >= 0.3 is 25.8 Å². The fourth-order valence-corrected chi connectivity index (χ4v) is 0.340. The monoisotopic (exact) mass is 293 g/mol. The summed E-state index contributed by atoms with van der Waals surface area (Å²) in [7, 11) is 0. The van der Waals surface area contributed by atoms with Gasteiger partial charge in [-0.3, -0.25) is 6.08 Å². The molecule has 50 valence electrons. The molecule has 9 heavy (non-hydrogen) atoms. The van der Waals surface area contributed by atoms with Gasteiger partial charge in [-0.05, 0) is 0 Å². The molecule has 0 heterocycles. The van der Waals surface area contributed by atoms with Crippen LogP contribution >= 0.6 is 0 Å². The molecule has 0 spiro atoms. The Balaban J connectivity index is -0.0000000312. The molecule has 3 nitrogen and oxygen atoms in total. The maximum Gasteiger partial charge on any atom is 4.00 e. The second-order valence-corrected chi connectivity index (χ2v) is 1.00. The second-order valence-electron chi connectivity index (χ2n) is 1.00. The molecule has 1 aliphatic carbocycles. The summed E-state index contributed by atoms with van der Waals surface area (Å²) in [6.45, 7) is 0. The summed E-state index contributed by atoms with van der Waals surface area (Å²) in [5.74, 6) is 0. The summed E-state index contributed by atoms with van der Waals surface area (Å²) in [5.41, 5.74) is 0. The SMILES string of the molecule is [C-]1=CC=CC1.[Hf+4].[NH2-].[NH2-].[NH2-]. The van der Waals surface area contributed by atoms with Crippen molar-refractivity contribution in [1.29, 1.82) is 0 Å². The third-order valence-corrected chi connectivity index (χ3v) is 0.586. The molecule has 0 saturated heterocycles. The van der Waals surface area contributed by atoms with Gasteiger partial charge in [-0.15, -0.1) is 6.42 Å². The summed E-state index contributed by atoms with van der Waals surface area (Å²) in [5, 5.41) is 0. The fraction of sp³-hybridized carbons (Fsp3) is 0.200. The van der Waals surface area contributed by atoms with Crippen LogP contribution in [-0.4, -0.2) is 0 Å². The molecule has 0 aliphatic heterocycles. The van der Waals surface area contributed by atoms with Crippen LogP contribution in [0.1, 0.15) is 6.42 Å². The van der Waals surface area contributed by atoms with Gasteiger partial charge in [-0.25, -0.2) is 12.2 Å². The van der Waals surface area contributed by atoms with Crippen LogP contribution in [0, 0.1) is 6.08 Å². The standard InChI is InChI=1S/C5H5.Hf.3H2N/c1-2-4-5-3-1;;;;/h1-3H,4H2;;3*1H2/q-1;+4;3*-1. The zero-order valence-corrected chi connectivity index (χ0v) is 8.76. The molecule has 0 saturated carbocycles. The predicted octanol–water partition coefficient (Wildman–Crippen LogP) is 3.45. The number of nitrogens with two attached hydrogens (primary N) is 3. The number of hydrogen-bond acceptors (Lipinski definition) is 0. The van der Waals surface area contributed by atoms with Crippen molar-refractivity contribution in [2.24, 2.45) is 0 Å². The van der Waals surface area contributed by atoms with Crippen LogP contribution in [0.4, 0.5) is 0 Å². The molecule has 1 rings (SSSR count). The summed E-state index contributed by atoms with van der Waals surface area (Å²) in [4.78, 5) is 0. The molecule has 4 heteroatoms. The van der Waals surface area contributed by atoms with Gasteiger partial charge in [0, 0.05) is 0 Å². The van der Waals surface area contributed by atoms with Crippen molar-refractivity contribution >= 4 is 0 Å². The molecule has 6 N–H and O–H groups in total. The maximum atomic E-state index is 2.99. The van der Waals surface area contributed by atoms with Crippen LogP contribution < -0.4 is 0 Å². The van der Waals surface area contributed by atoms with Crippen LogP contribution in [-0.2, 0) is 25.8 Å². The minimum atomic E-state index is 0. The zero-order chi connectivity index (χ0) is 3.54. The van der Waals surface area contributed by atoms with Crippen molar-refractivity contribution in [3.05, 3.63) is 42.8 Å². The first-order chi connectivity index (χ1) is 2.50. The molecule has 0 radical (unpaired) electrons. The van der Waals surface area contributed by atoms with Crippen LogP contribution in [0.5, 0.6) is 0 Å². The van der Waals surface area contributed by atoms with E-state index >= 15 is 0 Å². The normalized spacial score (nSPS) is 9.78. The van der Waals surface area contributed by atoms with Gasteiger partial charge < -0.3 is 18.5 Å². The number of allylic oxidation sites excluding steroid dienone is 4. The van der Waals surface area contributed by atoms with Crippen molar-refractivity contribution in [3.8, 4) is 0 Å². The third-order valence-electron chi connectivity index (χ3n) is 0.586. The first-order valence-electron chi connectivity index (χ1n) is 1.72. The molecule has 0 aromatic carbocycles. The zero-order valence-electron chi connectivity index (χ0n) is 5.17. The minimum absolute atomic E-state index is 0. The van der Waals surface area contributed by atoms with Crippen molar-refractivity contribution in [2.75, 3.05) is 0 Å². The molecular formula is C5H11HfN3. The van der Waals surface area contributed by atoms with Gasteiger partial charge in [0.1, 0.15) is 0 Å². The summed E-state index contributed by atoms with van der Waals surface area (Å²) in [6, 6.07) is 0. The molecule has 0 atom stereocenters. The van der Waals surface area contributed by atoms with E-state index in [-0.39, 0.29) is 44.3 Å². The van der Waals surface area contributed by atoms with Gasteiger partial charge in [0.25, 0.3) is 0 Å². The molecule has 1 aliphatic rings. The van der Waals surface area contributed by atoms with Crippen molar-refractivity contribution in [1.82, 2.24) is 0 Å². The Bertz CT molecular complexity index is 70.3. The van der Waals surface area contributed by atoms with Crippen molar-refractivity contribution in [2.45, 2.75) is 6.42 Å². The van der Waals surface area contributed by atoms with Crippen molar-refractivity contribution in [3.63, 3.8) is 0 Å². The van der Waals surface area contributed by atoms with E-state index in [1.54, 1.807) is 0 Å². The van der Waals surface area contributed by atoms with E-state index in [2.05, 4.69) is 12.2 Å². The molecule has 0 amide bonds. The Hall–Kier alpha value is 0.230. The van der Waals surface area contributed by atoms with Crippen LogP contribution in [0.15, 0.2) is 18.2 Å². The van der Waals surface area contributed by atoms with E-state index < -0.39 is 0 Å². The van der Waals surface area contributed by atoms with Crippen molar-refractivity contribution < 1.29 is 25.8 Å². The summed E-state index contributed by atoms with van der Waals surface area (Å²) in [6.07, 6.45) is 10.0. The van der Waals surface area contributed by atoms with Gasteiger partial charge in [-0.1, -0.05) is 0 Å². The van der Waals surface area contributed by atoms with E-state index in [0.717, 1.165) is 6.42 Å². The second kappa shape index (κ2) is 15.7. The number of hydrogen-bond donors (Lipinski definition) is 0. The third kappa shape index (κ3) is 11.7. The first kappa shape index (κ1) is 22.9. The Morgan fingerprint density at radius 2 is 1.67 bits per heavy atom. The summed E-state index contributed by atoms with van der Waals surface area (Å²) >= 11 is 0. The van der Waals surface area contributed by atoms with Crippen LogP contribution in [0.3, 0.4) is 0 Å². The Labute approximate surface area is 75.1 Å². The van der Waals surface area contributed by atoms with E-state index in [4.69, 9.17) is 0 Å². The molecular weight excluding hydrogens is 281 g/mol. The van der Waals surface area contributed by atoms with E-state index in [9.17, 15) is 0 Å². The fourth-order valence-electron chi connectivity index (χ4n) is 0.340. The Morgan fingerprint density at radius 1 is 1.11 bits per heavy atom.